The second kappa shape index (κ2) is 6.40. The van der Waals surface area contributed by atoms with Gasteiger partial charge >= 0.3 is 0 Å². The molecule has 0 saturated heterocycles. The Morgan fingerprint density at radius 3 is 2.45 bits per heavy atom. The molecule has 3 heteroatoms. The highest BCUT2D eigenvalue weighted by Crippen LogP contribution is 2.21. The van der Waals surface area contributed by atoms with Gasteiger partial charge in [-0.2, -0.15) is 0 Å². The number of hydrogen-bond acceptors (Lipinski definition) is 1. The Labute approximate surface area is 124 Å². The minimum absolute atomic E-state index is 0.0725. The topological polar surface area (TPSA) is 29.1 Å². The lowest BCUT2D eigenvalue weighted by Crippen LogP contribution is -2.07. The highest BCUT2D eigenvalue weighted by Gasteiger charge is 2.01. The van der Waals surface area contributed by atoms with Crippen LogP contribution in [-0.2, 0) is 4.79 Å². The SMILES string of the molecule is CC(=O)Nc1cc(C)ccc1/C=C/c1ccc(Cl)cc1. The number of amides is 1. The van der Waals surface area contributed by atoms with Crippen molar-refractivity contribution in [1.29, 1.82) is 0 Å². The molecule has 2 rings (SSSR count). The molecule has 2 nitrogen and oxygen atoms in total. The summed E-state index contributed by atoms with van der Waals surface area (Å²) in [7, 11) is 0. The van der Waals surface area contributed by atoms with E-state index in [0.29, 0.717) is 0 Å². The predicted molar refractivity (Wildman–Crippen MR) is 85.9 cm³/mol. The van der Waals surface area contributed by atoms with Gasteiger partial charge in [-0.15, -0.1) is 0 Å². The highest BCUT2D eigenvalue weighted by atomic mass is 35.5. The Morgan fingerprint density at radius 2 is 1.80 bits per heavy atom. The number of anilines is 1. The van der Waals surface area contributed by atoms with Gasteiger partial charge in [0.25, 0.3) is 0 Å². The van der Waals surface area contributed by atoms with Crippen LogP contribution >= 0.6 is 11.6 Å². The average molecular weight is 286 g/mol. The molecular formula is C17H16ClNO. The van der Waals surface area contributed by atoms with Crippen LogP contribution < -0.4 is 5.32 Å². The first kappa shape index (κ1) is 14.4. The molecule has 0 radical (unpaired) electrons. The summed E-state index contributed by atoms with van der Waals surface area (Å²) in [4.78, 5) is 11.2. The fourth-order valence-electron chi connectivity index (χ4n) is 1.87. The maximum absolute atomic E-state index is 11.2. The minimum Gasteiger partial charge on any atom is -0.326 e. The zero-order valence-corrected chi connectivity index (χ0v) is 12.2. The first-order chi connectivity index (χ1) is 9.54. The van der Waals surface area contributed by atoms with Crippen molar-refractivity contribution >= 4 is 35.3 Å². The number of nitrogens with one attached hydrogen (secondary N) is 1. The number of hydrogen-bond donors (Lipinski definition) is 1. The summed E-state index contributed by atoms with van der Waals surface area (Å²) in [5.41, 5.74) is 3.96. The van der Waals surface area contributed by atoms with Crippen molar-refractivity contribution in [2.45, 2.75) is 13.8 Å². The number of halogens is 1. The van der Waals surface area contributed by atoms with Crippen LogP contribution in [0.1, 0.15) is 23.6 Å². The maximum atomic E-state index is 11.2. The highest BCUT2D eigenvalue weighted by molar-refractivity contribution is 6.30. The molecule has 0 unspecified atom stereocenters. The van der Waals surface area contributed by atoms with Gasteiger partial charge in [-0.1, -0.05) is 48.0 Å². The third-order valence-electron chi connectivity index (χ3n) is 2.84. The summed E-state index contributed by atoms with van der Waals surface area (Å²) in [5, 5.41) is 3.57. The first-order valence-corrected chi connectivity index (χ1v) is 6.74. The molecule has 0 spiro atoms. The van der Waals surface area contributed by atoms with Crippen LogP contribution in [0, 0.1) is 6.92 Å². The second-order valence-electron chi connectivity index (χ2n) is 4.66. The number of rotatable bonds is 3. The van der Waals surface area contributed by atoms with Gasteiger partial charge in [-0.3, -0.25) is 4.79 Å². The Balaban J connectivity index is 2.28. The molecule has 0 aromatic heterocycles. The molecule has 0 aliphatic rings. The Hall–Kier alpha value is -2.06. The molecule has 0 heterocycles. The smallest absolute Gasteiger partial charge is 0.221 e. The van der Waals surface area contributed by atoms with Gasteiger partial charge in [-0.05, 0) is 41.8 Å². The lowest BCUT2D eigenvalue weighted by atomic mass is 10.1. The summed E-state index contributed by atoms with van der Waals surface area (Å²) in [6, 6.07) is 13.6. The third kappa shape index (κ3) is 3.97. The molecule has 1 amide bonds. The Bertz CT molecular complexity index is 645. The van der Waals surface area contributed by atoms with Crippen molar-refractivity contribution < 1.29 is 4.79 Å². The third-order valence-corrected chi connectivity index (χ3v) is 3.10. The maximum Gasteiger partial charge on any atom is 0.221 e. The summed E-state index contributed by atoms with van der Waals surface area (Å²) < 4.78 is 0. The van der Waals surface area contributed by atoms with Crippen molar-refractivity contribution in [1.82, 2.24) is 0 Å². The van der Waals surface area contributed by atoms with Gasteiger partial charge in [0.05, 0.1) is 0 Å². The molecule has 0 fully saturated rings. The largest absolute Gasteiger partial charge is 0.326 e. The van der Waals surface area contributed by atoms with Crippen molar-refractivity contribution in [3.63, 3.8) is 0 Å². The summed E-state index contributed by atoms with van der Waals surface area (Å²) in [5.74, 6) is -0.0725. The molecule has 0 atom stereocenters. The van der Waals surface area contributed by atoms with Crippen molar-refractivity contribution in [2.24, 2.45) is 0 Å². The molecule has 20 heavy (non-hydrogen) atoms. The van der Waals surface area contributed by atoms with Gasteiger partial charge < -0.3 is 5.32 Å². The summed E-state index contributed by atoms with van der Waals surface area (Å²) >= 11 is 5.86. The lowest BCUT2D eigenvalue weighted by Gasteiger charge is -2.08. The van der Waals surface area contributed by atoms with Crippen molar-refractivity contribution in [3.8, 4) is 0 Å². The van der Waals surface area contributed by atoms with Gasteiger partial charge in [0, 0.05) is 17.6 Å². The molecule has 2 aromatic carbocycles. The van der Waals surface area contributed by atoms with Gasteiger partial charge in [0.2, 0.25) is 5.91 Å². The summed E-state index contributed by atoms with van der Waals surface area (Å²) in [6.45, 7) is 3.51. The normalized spacial score (nSPS) is 10.8. The number of carbonyl (C=O) groups excluding carboxylic acids is 1. The van der Waals surface area contributed by atoms with E-state index in [4.69, 9.17) is 11.6 Å². The van der Waals surface area contributed by atoms with E-state index in [2.05, 4.69) is 5.32 Å². The van der Waals surface area contributed by atoms with E-state index in [9.17, 15) is 4.79 Å². The molecular weight excluding hydrogens is 270 g/mol. The van der Waals surface area contributed by atoms with Crippen molar-refractivity contribution in [3.05, 3.63) is 64.2 Å². The first-order valence-electron chi connectivity index (χ1n) is 6.36. The van der Waals surface area contributed by atoms with Crippen LogP contribution in [0.5, 0.6) is 0 Å². The average Bonchev–Trinajstić information content (AvgIpc) is 2.39. The van der Waals surface area contributed by atoms with E-state index in [1.165, 1.54) is 6.92 Å². The van der Waals surface area contributed by atoms with E-state index in [-0.39, 0.29) is 5.91 Å². The molecule has 2 aromatic rings. The van der Waals surface area contributed by atoms with Gasteiger partial charge in [0.15, 0.2) is 0 Å². The van der Waals surface area contributed by atoms with Crippen LogP contribution in [0.2, 0.25) is 5.02 Å². The van der Waals surface area contributed by atoms with Crippen LogP contribution in [0.15, 0.2) is 42.5 Å². The molecule has 102 valence electrons. The van der Waals surface area contributed by atoms with E-state index < -0.39 is 0 Å². The van der Waals surface area contributed by atoms with Crippen molar-refractivity contribution in [2.75, 3.05) is 5.32 Å². The fourth-order valence-corrected chi connectivity index (χ4v) is 2.00. The van der Waals surface area contributed by atoms with E-state index in [0.717, 1.165) is 27.4 Å². The predicted octanol–water partition coefficient (Wildman–Crippen LogP) is 4.78. The Morgan fingerprint density at radius 1 is 1.10 bits per heavy atom. The summed E-state index contributed by atoms with van der Waals surface area (Å²) in [6.07, 6.45) is 3.97. The zero-order valence-electron chi connectivity index (χ0n) is 11.5. The van der Waals surface area contributed by atoms with Crippen LogP contribution in [0.4, 0.5) is 5.69 Å². The number of aryl methyl sites for hydroxylation is 1. The van der Waals surface area contributed by atoms with Crippen LogP contribution in [0.3, 0.4) is 0 Å². The van der Waals surface area contributed by atoms with E-state index in [1.807, 2.05) is 61.5 Å². The molecule has 0 bridgehead atoms. The molecule has 0 aliphatic heterocycles. The molecule has 1 N–H and O–H groups in total. The monoisotopic (exact) mass is 285 g/mol. The minimum atomic E-state index is -0.0725. The quantitative estimate of drug-likeness (QED) is 0.808. The lowest BCUT2D eigenvalue weighted by molar-refractivity contribution is -0.114. The van der Waals surface area contributed by atoms with Gasteiger partial charge in [-0.25, -0.2) is 0 Å². The van der Waals surface area contributed by atoms with Crippen LogP contribution in [-0.4, -0.2) is 5.91 Å². The Kier molecular flexibility index (Phi) is 4.59. The molecule has 0 saturated carbocycles. The number of benzene rings is 2. The second-order valence-corrected chi connectivity index (χ2v) is 5.09. The van der Waals surface area contributed by atoms with Gasteiger partial charge in [0.1, 0.15) is 0 Å². The zero-order chi connectivity index (χ0) is 14.5. The standard InChI is InChI=1S/C17H16ClNO/c1-12-3-7-15(17(11-12)19-13(2)20)8-4-14-5-9-16(18)10-6-14/h3-11H,1-2H3,(H,19,20)/b8-4+. The van der Waals surface area contributed by atoms with E-state index >= 15 is 0 Å². The molecule has 0 aliphatic carbocycles. The van der Waals surface area contributed by atoms with E-state index in [1.54, 1.807) is 0 Å². The fraction of sp³-hybridized carbons (Fsp3) is 0.118. The van der Waals surface area contributed by atoms with Crippen LogP contribution in [0.25, 0.3) is 12.2 Å². The number of carbonyl (C=O) groups is 1.